The third kappa shape index (κ3) is 2.85. The van der Waals surface area contributed by atoms with E-state index < -0.39 is 11.6 Å². The molecular weight excluding hydrogens is 350 g/mol. The Hall–Kier alpha value is -2.90. The molecule has 2 unspecified atom stereocenters. The highest BCUT2D eigenvalue weighted by atomic mass is 16.5. The summed E-state index contributed by atoms with van der Waals surface area (Å²) in [7, 11) is 0. The van der Waals surface area contributed by atoms with Gasteiger partial charge in [-0.25, -0.2) is 4.79 Å². The summed E-state index contributed by atoms with van der Waals surface area (Å²) in [6.45, 7) is 1.57. The normalized spacial score (nSPS) is 27.1. The lowest BCUT2D eigenvalue weighted by Crippen LogP contribution is -2.54. The molecule has 3 aliphatic rings. The second-order valence-electron chi connectivity index (χ2n) is 7.41. The summed E-state index contributed by atoms with van der Waals surface area (Å²) in [5.41, 5.74) is -0.169. The van der Waals surface area contributed by atoms with E-state index in [-0.39, 0.29) is 36.7 Å². The van der Waals surface area contributed by atoms with Crippen LogP contribution in [-0.2, 0) is 9.59 Å². The van der Waals surface area contributed by atoms with Crippen LogP contribution >= 0.6 is 0 Å². The minimum absolute atomic E-state index is 0.0407. The van der Waals surface area contributed by atoms with E-state index in [2.05, 4.69) is 10.6 Å². The molecular formula is C19H21N3O5. The van der Waals surface area contributed by atoms with Crippen LogP contribution in [0.1, 0.15) is 43.0 Å². The second kappa shape index (κ2) is 6.37. The maximum atomic E-state index is 13.0. The zero-order chi connectivity index (χ0) is 19.2. The molecule has 1 saturated carbocycles. The van der Waals surface area contributed by atoms with Gasteiger partial charge in [-0.05, 0) is 37.0 Å². The second-order valence-corrected chi connectivity index (χ2v) is 7.41. The number of nitrogens with one attached hydrogen (secondary N) is 2. The van der Waals surface area contributed by atoms with Crippen molar-refractivity contribution in [3.63, 3.8) is 0 Å². The highest BCUT2D eigenvalue weighted by Gasteiger charge is 2.55. The van der Waals surface area contributed by atoms with Crippen LogP contribution in [0.4, 0.5) is 10.5 Å². The quantitative estimate of drug-likeness (QED) is 0.622. The molecule has 2 atom stereocenters. The molecule has 2 N–H and O–H groups in total. The molecule has 2 aliphatic heterocycles. The van der Waals surface area contributed by atoms with Crippen molar-refractivity contribution in [2.24, 2.45) is 5.92 Å². The number of carbonyl (C=O) groups excluding carboxylic acids is 4. The molecule has 1 spiro atoms. The highest BCUT2D eigenvalue weighted by molar-refractivity contribution is 6.11. The number of ketones is 1. The molecule has 8 heteroatoms. The van der Waals surface area contributed by atoms with Crippen molar-refractivity contribution >= 4 is 29.3 Å². The Labute approximate surface area is 156 Å². The Balaban J connectivity index is 1.53. The van der Waals surface area contributed by atoms with Gasteiger partial charge >= 0.3 is 6.03 Å². The lowest BCUT2D eigenvalue weighted by molar-refractivity contribution is -0.133. The largest absolute Gasteiger partial charge is 0.482 e. The number of nitrogens with zero attached hydrogens (tertiary/aromatic N) is 1. The van der Waals surface area contributed by atoms with Crippen molar-refractivity contribution < 1.29 is 23.9 Å². The van der Waals surface area contributed by atoms with Crippen LogP contribution in [0.25, 0.3) is 0 Å². The van der Waals surface area contributed by atoms with Crippen LogP contribution in [0.15, 0.2) is 18.2 Å². The van der Waals surface area contributed by atoms with Crippen LogP contribution in [0.3, 0.4) is 0 Å². The van der Waals surface area contributed by atoms with E-state index in [9.17, 15) is 19.2 Å². The van der Waals surface area contributed by atoms with Gasteiger partial charge in [0, 0.05) is 5.56 Å². The zero-order valence-corrected chi connectivity index (χ0v) is 15.0. The van der Waals surface area contributed by atoms with E-state index in [4.69, 9.17) is 4.74 Å². The molecule has 142 valence electrons. The number of benzene rings is 1. The standard InChI is InChI=1S/C19H21N3O5/c1-11-4-2-3-7-19(11)17(25)22(18(26)21-19)9-14(23)12-5-6-15-13(8-12)20-16(24)10-27-15/h5-6,8,11H,2-4,7,9-10H2,1H3,(H,20,24)(H,21,26). The highest BCUT2D eigenvalue weighted by Crippen LogP contribution is 2.38. The zero-order valence-electron chi connectivity index (χ0n) is 15.0. The van der Waals surface area contributed by atoms with Crippen molar-refractivity contribution in [2.75, 3.05) is 18.5 Å². The SMILES string of the molecule is CC1CCCCC12NC(=O)N(CC(=O)c1ccc3c(c1)NC(=O)CO3)C2=O. The molecule has 2 heterocycles. The summed E-state index contributed by atoms with van der Waals surface area (Å²) in [6.07, 6.45) is 3.39. The summed E-state index contributed by atoms with van der Waals surface area (Å²) in [6, 6.07) is 4.15. The van der Waals surface area contributed by atoms with E-state index >= 15 is 0 Å². The van der Waals surface area contributed by atoms with E-state index in [0.717, 1.165) is 24.2 Å². The summed E-state index contributed by atoms with van der Waals surface area (Å²) in [4.78, 5) is 50.5. The smallest absolute Gasteiger partial charge is 0.325 e. The van der Waals surface area contributed by atoms with Crippen LogP contribution in [0, 0.1) is 5.92 Å². The summed E-state index contributed by atoms with van der Waals surface area (Å²) >= 11 is 0. The maximum Gasteiger partial charge on any atom is 0.325 e. The van der Waals surface area contributed by atoms with Gasteiger partial charge < -0.3 is 15.4 Å². The molecule has 2 fully saturated rings. The number of amides is 4. The van der Waals surface area contributed by atoms with Gasteiger partial charge in [-0.1, -0.05) is 19.8 Å². The van der Waals surface area contributed by atoms with Crippen molar-refractivity contribution in [2.45, 2.75) is 38.1 Å². The Morgan fingerprint density at radius 1 is 1.30 bits per heavy atom. The van der Waals surface area contributed by atoms with Crippen LogP contribution in [0.2, 0.25) is 0 Å². The Morgan fingerprint density at radius 2 is 2.11 bits per heavy atom. The van der Waals surface area contributed by atoms with E-state index in [1.807, 2.05) is 6.92 Å². The predicted molar refractivity (Wildman–Crippen MR) is 95.5 cm³/mol. The molecule has 0 bridgehead atoms. The summed E-state index contributed by atoms with van der Waals surface area (Å²) in [5, 5.41) is 5.48. The van der Waals surface area contributed by atoms with E-state index in [0.29, 0.717) is 23.4 Å². The number of hydrogen-bond acceptors (Lipinski definition) is 5. The lowest BCUT2D eigenvalue weighted by Gasteiger charge is -2.36. The number of Topliss-reactive ketones (excluding diaryl/α,β-unsaturated/α-hetero) is 1. The molecule has 1 aromatic carbocycles. The van der Waals surface area contributed by atoms with Gasteiger partial charge in [0.1, 0.15) is 11.3 Å². The van der Waals surface area contributed by atoms with E-state index in [1.165, 1.54) is 6.07 Å². The van der Waals surface area contributed by atoms with Gasteiger partial charge in [-0.15, -0.1) is 0 Å². The Kier molecular flexibility index (Phi) is 4.13. The Bertz CT molecular complexity index is 852. The fourth-order valence-electron chi connectivity index (χ4n) is 4.13. The third-order valence-corrected chi connectivity index (χ3v) is 5.74. The number of rotatable bonds is 3. The molecule has 4 rings (SSSR count). The molecule has 4 amide bonds. The first-order valence-electron chi connectivity index (χ1n) is 9.15. The lowest BCUT2D eigenvalue weighted by atomic mass is 9.73. The number of urea groups is 1. The van der Waals surface area contributed by atoms with Gasteiger partial charge in [0.25, 0.3) is 11.8 Å². The van der Waals surface area contributed by atoms with Gasteiger partial charge in [0.05, 0.1) is 12.2 Å². The molecule has 0 radical (unpaired) electrons. The first-order valence-corrected chi connectivity index (χ1v) is 9.15. The summed E-state index contributed by atoms with van der Waals surface area (Å²) in [5.74, 6) is -0.464. The predicted octanol–water partition coefficient (Wildman–Crippen LogP) is 1.70. The van der Waals surface area contributed by atoms with Crippen LogP contribution in [0.5, 0.6) is 5.75 Å². The van der Waals surface area contributed by atoms with Gasteiger partial charge in [0.15, 0.2) is 12.4 Å². The number of anilines is 1. The monoisotopic (exact) mass is 371 g/mol. The third-order valence-electron chi connectivity index (χ3n) is 5.74. The number of carbonyl (C=O) groups is 4. The van der Waals surface area contributed by atoms with Crippen molar-refractivity contribution in [1.82, 2.24) is 10.2 Å². The molecule has 1 aromatic rings. The van der Waals surface area contributed by atoms with Crippen molar-refractivity contribution in [3.8, 4) is 5.75 Å². The van der Waals surface area contributed by atoms with Gasteiger partial charge in [-0.2, -0.15) is 0 Å². The fraction of sp³-hybridized carbons (Fsp3) is 0.474. The first kappa shape index (κ1) is 17.5. The molecule has 8 nitrogen and oxygen atoms in total. The minimum atomic E-state index is -0.882. The summed E-state index contributed by atoms with van der Waals surface area (Å²) < 4.78 is 5.27. The average Bonchev–Trinajstić information content (AvgIpc) is 2.88. The maximum absolute atomic E-state index is 13.0. The minimum Gasteiger partial charge on any atom is -0.482 e. The number of imide groups is 1. The van der Waals surface area contributed by atoms with Crippen molar-refractivity contribution in [3.05, 3.63) is 23.8 Å². The molecule has 1 aliphatic carbocycles. The number of fused-ring (bicyclic) bond motifs is 1. The van der Waals surface area contributed by atoms with E-state index in [1.54, 1.807) is 12.1 Å². The average molecular weight is 371 g/mol. The molecule has 0 aromatic heterocycles. The number of hydrogen-bond donors (Lipinski definition) is 2. The Morgan fingerprint density at radius 3 is 2.89 bits per heavy atom. The number of ether oxygens (including phenoxy) is 1. The van der Waals surface area contributed by atoms with Crippen LogP contribution in [-0.4, -0.2) is 47.2 Å². The van der Waals surface area contributed by atoms with Gasteiger partial charge in [0.2, 0.25) is 0 Å². The van der Waals surface area contributed by atoms with Gasteiger partial charge in [-0.3, -0.25) is 19.3 Å². The van der Waals surface area contributed by atoms with Crippen molar-refractivity contribution in [1.29, 1.82) is 0 Å². The fourth-order valence-corrected chi connectivity index (χ4v) is 4.13. The first-order chi connectivity index (χ1) is 12.9. The van der Waals surface area contributed by atoms with Crippen LogP contribution < -0.4 is 15.4 Å². The molecule has 27 heavy (non-hydrogen) atoms. The topological polar surface area (TPSA) is 105 Å². The molecule has 1 saturated heterocycles.